The third kappa shape index (κ3) is 3.51. The predicted molar refractivity (Wildman–Crippen MR) is 96.8 cm³/mol. The first-order valence-electron chi connectivity index (χ1n) is 5.03. The highest BCUT2D eigenvalue weighted by Crippen LogP contribution is 2.39. The minimum absolute atomic E-state index is 0.106. The molecule has 0 fully saturated rings. The largest absolute Gasteiger partial charge is 0.0843 e. The van der Waals surface area contributed by atoms with Crippen LogP contribution >= 0.6 is 82.0 Å². The first kappa shape index (κ1) is 15.3. The molecule has 0 aliphatic rings. The van der Waals surface area contributed by atoms with Gasteiger partial charge in [-0.15, -0.1) is 0 Å². The molecule has 1 atom stereocenters. The fourth-order valence-electron chi connectivity index (χ4n) is 1.59. The molecule has 0 aliphatic carbocycles. The zero-order valence-electron chi connectivity index (χ0n) is 8.93. The van der Waals surface area contributed by atoms with E-state index in [-0.39, 0.29) is 4.83 Å². The molecule has 18 heavy (non-hydrogen) atoms. The summed E-state index contributed by atoms with van der Waals surface area (Å²) in [4.78, 5) is 0.106. The van der Waals surface area contributed by atoms with Crippen molar-refractivity contribution < 1.29 is 0 Å². The van der Waals surface area contributed by atoms with Gasteiger partial charge in [0.2, 0.25) is 0 Å². The standard InChI is InChI=1S/C13H7Br3ClI/c14-7-1-3-11(15)9(5-7)13(16)10-6-8(17)2-4-12(10)18/h1-6,13H. The normalized spacial score (nSPS) is 12.5. The van der Waals surface area contributed by atoms with E-state index >= 15 is 0 Å². The number of hydrogen-bond donors (Lipinski definition) is 0. The molecule has 5 heteroatoms. The van der Waals surface area contributed by atoms with Crippen LogP contribution in [-0.4, -0.2) is 0 Å². The van der Waals surface area contributed by atoms with Gasteiger partial charge in [0.15, 0.2) is 0 Å². The number of rotatable bonds is 2. The van der Waals surface area contributed by atoms with Gasteiger partial charge in [-0.1, -0.05) is 59.4 Å². The van der Waals surface area contributed by atoms with Crippen LogP contribution in [0.1, 0.15) is 16.0 Å². The summed E-state index contributed by atoms with van der Waals surface area (Å²) in [5.41, 5.74) is 2.34. The van der Waals surface area contributed by atoms with E-state index in [0.717, 1.165) is 14.0 Å². The first-order chi connectivity index (χ1) is 8.49. The summed E-state index contributed by atoms with van der Waals surface area (Å²) in [6.07, 6.45) is 0. The van der Waals surface area contributed by atoms with Crippen LogP contribution in [0.3, 0.4) is 0 Å². The molecule has 0 nitrogen and oxygen atoms in total. The Morgan fingerprint density at radius 2 is 1.72 bits per heavy atom. The molecule has 1 unspecified atom stereocenters. The molecule has 0 amide bonds. The van der Waals surface area contributed by atoms with Gasteiger partial charge in [-0.25, -0.2) is 0 Å². The lowest BCUT2D eigenvalue weighted by Crippen LogP contribution is -1.97. The molecule has 0 N–H and O–H groups in total. The van der Waals surface area contributed by atoms with Gasteiger partial charge < -0.3 is 0 Å². The van der Waals surface area contributed by atoms with Crippen LogP contribution in [0.25, 0.3) is 0 Å². The Balaban J connectivity index is 2.50. The zero-order chi connectivity index (χ0) is 13.3. The quantitative estimate of drug-likeness (QED) is 0.273. The van der Waals surface area contributed by atoms with Gasteiger partial charge >= 0.3 is 0 Å². The maximum Gasteiger partial charge on any atom is 0.0666 e. The van der Waals surface area contributed by atoms with Crippen LogP contribution in [0.4, 0.5) is 0 Å². The van der Waals surface area contributed by atoms with E-state index in [1.165, 1.54) is 14.7 Å². The van der Waals surface area contributed by atoms with Gasteiger partial charge in [0, 0.05) is 17.5 Å². The van der Waals surface area contributed by atoms with Crippen molar-refractivity contribution in [3.8, 4) is 0 Å². The monoisotopic (exact) mass is 562 g/mol. The number of alkyl halides is 1. The van der Waals surface area contributed by atoms with Crippen molar-refractivity contribution in [3.63, 3.8) is 0 Å². The van der Waals surface area contributed by atoms with Crippen LogP contribution in [0.15, 0.2) is 45.3 Å². The molecule has 0 heterocycles. The molecule has 0 spiro atoms. The van der Waals surface area contributed by atoms with Crippen LogP contribution in [0.5, 0.6) is 0 Å². The van der Waals surface area contributed by atoms with Gasteiger partial charge in [-0.2, -0.15) is 0 Å². The molecule has 0 aliphatic heterocycles. The molecule has 2 aromatic rings. The van der Waals surface area contributed by atoms with E-state index < -0.39 is 0 Å². The van der Waals surface area contributed by atoms with E-state index in [9.17, 15) is 0 Å². The minimum atomic E-state index is 0.106. The number of benzene rings is 2. The van der Waals surface area contributed by atoms with Crippen LogP contribution in [0.2, 0.25) is 5.02 Å². The van der Waals surface area contributed by atoms with Crippen LogP contribution < -0.4 is 0 Å². The topological polar surface area (TPSA) is 0 Å². The fourth-order valence-corrected chi connectivity index (χ4v) is 4.76. The van der Waals surface area contributed by atoms with E-state index in [4.69, 9.17) is 11.6 Å². The SMILES string of the molecule is Clc1ccc(I)c(C(Br)c2cc(Br)ccc2Br)c1. The van der Waals surface area contributed by atoms with Gasteiger partial charge in [-0.05, 0) is 70.1 Å². The summed E-state index contributed by atoms with van der Waals surface area (Å²) >= 11 is 19.2. The third-order valence-electron chi connectivity index (χ3n) is 2.46. The van der Waals surface area contributed by atoms with Crippen LogP contribution in [-0.2, 0) is 0 Å². The van der Waals surface area contributed by atoms with Crippen molar-refractivity contribution in [2.75, 3.05) is 0 Å². The molecule has 0 aromatic heterocycles. The minimum Gasteiger partial charge on any atom is -0.0843 e. The van der Waals surface area contributed by atoms with Gasteiger partial charge in [0.25, 0.3) is 0 Å². The molecular formula is C13H7Br3ClI. The Kier molecular flexibility index (Phi) is 5.58. The van der Waals surface area contributed by atoms with Crippen molar-refractivity contribution in [3.05, 3.63) is 65.1 Å². The second-order valence-electron chi connectivity index (χ2n) is 3.69. The zero-order valence-corrected chi connectivity index (χ0v) is 16.6. The first-order valence-corrected chi connectivity index (χ1v) is 8.99. The molecule has 2 aromatic carbocycles. The molecule has 0 saturated heterocycles. The number of hydrogen-bond acceptors (Lipinski definition) is 0. The molecule has 94 valence electrons. The highest BCUT2D eigenvalue weighted by Gasteiger charge is 2.17. The summed E-state index contributed by atoms with van der Waals surface area (Å²) in [6.45, 7) is 0. The second-order valence-corrected chi connectivity index (χ2v) is 7.98. The van der Waals surface area contributed by atoms with Crippen molar-refractivity contribution in [2.24, 2.45) is 0 Å². The molecular weight excluding hydrogens is 558 g/mol. The van der Waals surface area contributed by atoms with Gasteiger partial charge in [0.05, 0.1) is 4.83 Å². The lowest BCUT2D eigenvalue weighted by molar-refractivity contribution is 1.15. The highest BCUT2D eigenvalue weighted by molar-refractivity contribution is 14.1. The Hall–Kier alpha value is 0.900. The van der Waals surface area contributed by atoms with Crippen molar-refractivity contribution >= 4 is 82.0 Å². The Bertz CT molecular complexity index is 535. The predicted octanol–water partition coefficient (Wildman–Crippen LogP) is 6.95. The maximum atomic E-state index is 6.07. The van der Waals surface area contributed by atoms with Crippen molar-refractivity contribution in [1.82, 2.24) is 0 Å². The average molecular weight is 565 g/mol. The molecule has 0 radical (unpaired) electrons. The molecule has 0 bridgehead atoms. The summed E-state index contributed by atoms with van der Waals surface area (Å²) in [7, 11) is 0. The van der Waals surface area contributed by atoms with E-state index in [1.54, 1.807) is 0 Å². The lowest BCUT2D eigenvalue weighted by Gasteiger charge is -2.15. The average Bonchev–Trinajstić information content (AvgIpc) is 2.34. The van der Waals surface area contributed by atoms with Crippen molar-refractivity contribution in [1.29, 1.82) is 0 Å². The Labute approximate surface area is 150 Å². The Morgan fingerprint density at radius 3 is 2.44 bits per heavy atom. The Morgan fingerprint density at radius 1 is 1.00 bits per heavy atom. The lowest BCUT2D eigenvalue weighted by atomic mass is 10.1. The van der Waals surface area contributed by atoms with Gasteiger partial charge in [-0.3, -0.25) is 0 Å². The smallest absolute Gasteiger partial charge is 0.0666 e. The summed E-state index contributed by atoms with van der Waals surface area (Å²) in [5, 5.41) is 0.751. The fraction of sp³-hybridized carbons (Fsp3) is 0.0769. The van der Waals surface area contributed by atoms with E-state index in [2.05, 4.69) is 76.4 Å². The summed E-state index contributed by atoms with van der Waals surface area (Å²) in [5.74, 6) is 0. The van der Waals surface area contributed by atoms with E-state index in [0.29, 0.717) is 0 Å². The maximum absolute atomic E-state index is 6.07. The summed E-state index contributed by atoms with van der Waals surface area (Å²) in [6, 6.07) is 12.1. The highest BCUT2D eigenvalue weighted by atomic mass is 127. The van der Waals surface area contributed by atoms with Crippen LogP contribution in [0, 0.1) is 3.57 Å². The van der Waals surface area contributed by atoms with Gasteiger partial charge in [0.1, 0.15) is 0 Å². The van der Waals surface area contributed by atoms with E-state index in [1.807, 2.05) is 30.3 Å². The summed E-state index contributed by atoms with van der Waals surface area (Å²) < 4.78 is 3.32. The third-order valence-corrected chi connectivity index (χ3v) is 5.88. The molecule has 2 rings (SSSR count). The second kappa shape index (κ2) is 6.57. The van der Waals surface area contributed by atoms with Crippen molar-refractivity contribution in [2.45, 2.75) is 4.83 Å². The number of halogens is 5. The molecule has 0 saturated carbocycles.